The van der Waals surface area contributed by atoms with E-state index in [0.29, 0.717) is 5.88 Å². The van der Waals surface area contributed by atoms with Gasteiger partial charge in [0, 0.05) is 21.6 Å². The molecule has 118 valence electrons. The summed E-state index contributed by atoms with van der Waals surface area (Å²) < 4.78 is 6.15. The maximum absolute atomic E-state index is 12.0. The first-order valence-corrected chi connectivity index (χ1v) is 7.82. The first-order valence-electron chi connectivity index (χ1n) is 7.03. The lowest BCUT2D eigenvalue weighted by atomic mass is 9.92. The van der Waals surface area contributed by atoms with Crippen LogP contribution in [0.2, 0.25) is 0 Å². The van der Waals surface area contributed by atoms with Gasteiger partial charge < -0.3 is 9.84 Å². The van der Waals surface area contributed by atoms with Crippen molar-refractivity contribution in [3.05, 3.63) is 40.0 Å². The molecule has 0 aliphatic carbocycles. The van der Waals surface area contributed by atoms with Gasteiger partial charge in [-0.25, -0.2) is 0 Å². The third kappa shape index (κ3) is 4.34. The highest BCUT2D eigenvalue weighted by atomic mass is 79.9. The Morgan fingerprint density at radius 2 is 2.05 bits per heavy atom. The van der Waals surface area contributed by atoms with Gasteiger partial charge in [-0.3, -0.25) is 10.1 Å². The molecule has 0 spiro atoms. The summed E-state index contributed by atoms with van der Waals surface area (Å²) in [6, 6.07) is 7.60. The van der Waals surface area contributed by atoms with Crippen molar-refractivity contribution in [2.24, 2.45) is 0 Å². The lowest BCUT2D eigenvalue weighted by molar-refractivity contribution is -0.114. The minimum absolute atomic E-state index is 0.112. The fraction of sp³-hybridized carbons (Fsp3) is 0.375. The Bertz CT molecular complexity index is 674. The third-order valence-electron chi connectivity index (χ3n) is 3.17. The molecular weight excluding hydrogens is 346 g/mol. The topological polar surface area (TPSA) is 67.2 Å². The van der Waals surface area contributed by atoms with Crippen molar-refractivity contribution < 1.29 is 9.32 Å². The molecule has 0 radical (unpaired) electrons. The summed E-state index contributed by atoms with van der Waals surface area (Å²) in [5.74, 6) is 0.184. The van der Waals surface area contributed by atoms with Gasteiger partial charge in [-0.05, 0) is 30.7 Å². The van der Waals surface area contributed by atoms with E-state index in [9.17, 15) is 4.79 Å². The van der Waals surface area contributed by atoms with Gasteiger partial charge in [0.2, 0.25) is 11.8 Å². The number of rotatable bonds is 4. The molecular formula is C16H20BrN3O2. The van der Waals surface area contributed by atoms with Crippen LogP contribution in [0.1, 0.15) is 32.0 Å². The quantitative estimate of drug-likeness (QED) is 0.855. The van der Waals surface area contributed by atoms with Crippen LogP contribution < -0.4 is 10.6 Å². The summed E-state index contributed by atoms with van der Waals surface area (Å²) in [5, 5.41) is 9.77. The number of carbonyl (C=O) groups is 1. The minimum atomic E-state index is -0.182. The molecule has 0 atom stereocenters. The van der Waals surface area contributed by atoms with E-state index in [-0.39, 0.29) is 17.9 Å². The maximum Gasteiger partial charge on any atom is 0.246 e. The van der Waals surface area contributed by atoms with Gasteiger partial charge in [-0.1, -0.05) is 41.9 Å². The van der Waals surface area contributed by atoms with Gasteiger partial charge >= 0.3 is 0 Å². The van der Waals surface area contributed by atoms with Gasteiger partial charge in [0.25, 0.3) is 0 Å². The largest absolute Gasteiger partial charge is 0.376 e. The van der Waals surface area contributed by atoms with E-state index in [0.717, 1.165) is 21.4 Å². The lowest BCUT2D eigenvalue weighted by Gasteiger charge is -2.12. The molecule has 0 fully saturated rings. The Hall–Kier alpha value is -1.82. The van der Waals surface area contributed by atoms with Gasteiger partial charge in [0.1, 0.15) is 0 Å². The molecule has 1 aromatic carbocycles. The number of benzene rings is 1. The molecule has 2 rings (SSSR count). The van der Waals surface area contributed by atoms with Crippen LogP contribution in [0.4, 0.5) is 11.6 Å². The Labute approximate surface area is 138 Å². The Morgan fingerprint density at radius 1 is 1.32 bits per heavy atom. The van der Waals surface area contributed by atoms with Gasteiger partial charge in [-0.2, -0.15) is 0 Å². The number of amides is 1. The second kappa shape index (κ2) is 6.52. The zero-order valence-corrected chi connectivity index (χ0v) is 14.7. The van der Waals surface area contributed by atoms with E-state index in [1.165, 1.54) is 0 Å². The number of hydrogen-bond acceptors (Lipinski definition) is 4. The normalized spacial score (nSPS) is 11.3. The third-order valence-corrected chi connectivity index (χ3v) is 3.66. The number of aryl methyl sites for hydroxylation is 1. The molecule has 0 saturated carbocycles. The minimum Gasteiger partial charge on any atom is -0.376 e. The van der Waals surface area contributed by atoms with E-state index >= 15 is 0 Å². The number of halogens is 1. The maximum atomic E-state index is 12.0. The van der Waals surface area contributed by atoms with Crippen LogP contribution in [-0.2, 0) is 10.2 Å². The van der Waals surface area contributed by atoms with Crippen LogP contribution in [0.5, 0.6) is 0 Å². The molecule has 5 nitrogen and oxygen atoms in total. The van der Waals surface area contributed by atoms with Crippen molar-refractivity contribution in [1.82, 2.24) is 5.16 Å². The number of anilines is 2. The summed E-state index contributed by atoms with van der Waals surface area (Å²) in [4.78, 5) is 12.0. The highest BCUT2D eigenvalue weighted by molar-refractivity contribution is 9.10. The summed E-state index contributed by atoms with van der Waals surface area (Å²) in [5.41, 5.74) is 2.68. The number of nitrogens with one attached hydrogen (secondary N) is 2. The van der Waals surface area contributed by atoms with Crippen LogP contribution >= 0.6 is 15.9 Å². The van der Waals surface area contributed by atoms with E-state index in [1.54, 1.807) is 6.07 Å². The molecule has 0 saturated heterocycles. The zero-order chi connectivity index (χ0) is 16.3. The van der Waals surface area contributed by atoms with Gasteiger partial charge in [0.05, 0.1) is 12.2 Å². The van der Waals surface area contributed by atoms with Crippen molar-refractivity contribution in [2.75, 3.05) is 17.2 Å². The fourth-order valence-electron chi connectivity index (χ4n) is 1.87. The van der Waals surface area contributed by atoms with E-state index in [2.05, 4.69) is 31.7 Å². The van der Waals surface area contributed by atoms with Crippen LogP contribution in [0, 0.1) is 6.92 Å². The average molecular weight is 366 g/mol. The molecule has 1 heterocycles. The zero-order valence-electron chi connectivity index (χ0n) is 13.2. The molecule has 22 heavy (non-hydrogen) atoms. The highest BCUT2D eigenvalue weighted by Gasteiger charge is 2.19. The standard InChI is InChI=1S/C16H20BrN3O2/c1-10-7-11(17)5-6-12(10)18-9-14(21)19-15-8-13(20-22-15)16(2,3)4/h5-8,18H,9H2,1-4H3,(H,19,21). The predicted molar refractivity (Wildman–Crippen MR) is 91.2 cm³/mol. The fourth-order valence-corrected chi connectivity index (χ4v) is 2.35. The average Bonchev–Trinajstić information content (AvgIpc) is 2.86. The monoisotopic (exact) mass is 365 g/mol. The number of nitrogens with zero attached hydrogens (tertiary/aromatic N) is 1. The summed E-state index contributed by atoms with van der Waals surface area (Å²) >= 11 is 3.41. The number of hydrogen-bond donors (Lipinski definition) is 2. The first kappa shape index (κ1) is 16.5. The Kier molecular flexibility index (Phi) is 4.90. The summed E-state index contributed by atoms with van der Waals surface area (Å²) in [6.45, 7) is 8.25. The van der Waals surface area contributed by atoms with E-state index in [1.807, 2.05) is 45.9 Å². The second-order valence-corrected chi connectivity index (χ2v) is 7.10. The Balaban J connectivity index is 1.92. The molecule has 2 aromatic rings. The molecule has 1 aromatic heterocycles. The van der Waals surface area contributed by atoms with Crippen molar-refractivity contribution in [3.63, 3.8) is 0 Å². The Morgan fingerprint density at radius 3 is 2.64 bits per heavy atom. The molecule has 0 aliphatic rings. The lowest BCUT2D eigenvalue weighted by Crippen LogP contribution is -2.21. The number of aromatic nitrogens is 1. The van der Waals surface area contributed by atoms with Crippen molar-refractivity contribution in [1.29, 1.82) is 0 Å². The van der Waals surface area contributed by atoms with Crippen LogP contribution in [0.25, 0.3) is 0 Å². The van der Waals surface area contributed by atoms with Crippen molar-refractivity contribution >= 4 is 33.4 Å². The van der Waals surface area contributed by atoms with E-state index in [4.69, 9.17) is 4.52 Å². The summed E-state index contributed by atoms with van der Waals surface area (Å²) in [6.07, 6.45) is 0. The molecule has 0 unspecified atom stereocenters. The molecule has 6 heteroatoms. The smallest absolute Gasteiger partial charge is 0.246 e. The van der Waals surface area contributed by atoms with Crippen LogP contribution in [0.3, 0.4) is 0 Å². The SMILES string of the molecule is Cc1cc(Br)ccc1NCC(=O)Nc1cc(C(C)(C)C)no1. The van der Waals surface area contributed by atoms with Gasteiger partial charge in [0.15, 0.2) is 0 Å². The molecule has 0 aliphatic heterocycles. The van der Waals surface area contributed by atoms with Crippen LogP contribution in [0.15, 0.2) is 33.3 Å². The number of carbonyl (C=O) groups excluding carboxylic acids is 1. The highest BCUT2D eigenvalue weighted by Crippen LogP contribution is 2.23. The molecule has 0 bridgehead atoms. The van der Waals surface area contributed by atoms with E-state index < -0.39 is 0 Å². The van der Waals surface area contributed by atoms with Crippen molar-refractivity contribution in [2.45, 2.75) is 33.1 Å². The van der Waals surface area contributed by atoms with Crippen LogP contribution in [-0.4, -0.2) is 17.6 Å². The molecule has 2 N–H and O–H groups in total. The predicted octanol–water partition coefficient (Wildman–Crippen LogP) is 4.09. The van der Waals surface area contributed by atoms with Gasteiger partial charge in [-0.15, -0.1) is 0 Å². The first-order chi connectivity index (χ1) is 10.3. The second-order valence-electron chi connectivity index (χ2n) is 6.19. The van der Waals surface area contributed by atoms with Crippen molar-refractivity contribution in [3.8, 4) is 0 Å². The summed E-state index contributed by atoms with van der Waals surface area (Å²) in [7, 11) is 0. The molecule has 1 amide bonds.